The Hall–Kier alpha value is -4.26. The van der Waals surface area contributed by atoms with Crippen LogP contribution in [0.15, 0.2) is 54.6 Å². The molecule has 3 aromatic carbocycles. The van der Waals surface area contributed by atoms with Crippen molar-refractivity contribution in [2.45, 2.75) is 32.1 Å². The summed E-state index contributed by atoms with van der Waals surface area (Å²) < 4.78 is 27.9. The minimum absolute atomic E-state index is 0.0949. The van der Waals surface area contributed by atoms with Crippen LogP contribution in [0.2, 0.25) is 5.02 Å². The van der Waals surface area contributed by atoms with E-state index in [4.69, 9.17) is 41.9 Å². The van der Waals surface area contributed by atoms with Crippen molar-refractivity contribution in [2.24, 2.45) is 0 Å². The van der Waals surface area contributed by atoms with Gasteiger partial charge in [0.2, 0.25) is 0 Å². The van der Waals surface area contributed by atoms with Crippen molar-refractivity contribution in [3.05, 3.63) is 87.7 Å². The van der Waals surface area contributed by atoms with Crippen LogP contribution in [-0.4, -0.2) is 45.9 Å². The molecule has 1 amide bonds. The quantitative estimate of drug-likeness (QED) is 0.236. The highest BCUT2D eigenvalue weighted by molar-refractivity contribution is 6.33. The molecule has 1 heterocycles. The predicted octanol–water partition coefficient (Wildman–Crippen LogP) is 5.89. The van der Waals surface area contributed by atoms with E-state index in [1.165, 1.54) is 19.1 Å². The molecule has 3 aromatic rings. The van der Waals surface area contributed by atoms with Gasteiger partial charge < -0.3 is 28.6 Å². The third-order valence-electron chi connectivity index (χ3n) is 6.53. The maximum atomic E-state index is 14.1. The van der Waals surface area contributed by atoms with Gasteiger partial charge in [-0.1, -0.05) is 29.8 Å². The summed E-state index contributed by atoms with van der Waals surface area (Å²) in [6.45, 7) is 9.54. The van der Waals surface area contributed by atoms with E-state index >= 15 is 0 Å². The van der Waals surface area contributed by atoms with Crippen molar-refractivity contribution in [3.63, 3.8) is 0 Å². The Morgan fingerprint density at radius 2 is 1.80 bits per heavy atom. The summed E-state index contributed by atoms with van der Waals surface area (Å²) in [4.78, 5) is 31.8. The Kier molecular flexibility index (Phi) is 9.15. The van der Waals surface area contributed by atoms with Crippen molar-refractivity contribution >= 4 is 34.9 Å². The van der Waals surface area contributed by atoms with Gasteiger partial charge in [0.1, 0.15) is 29.5 Å². The van der Waals surface area contributed by atoms with E-state index in [-0.39, 0.29) is 19.6 Å². The molecule has 0 bridgehead atoms. The predicted molar refractivity (Wildman–Crippen MR) is 149 cm³/mol. The van der Waals surface area contributed by atoms with Crippen LogP contribution in [0, 0.1) is 6.57 Å². The number of anilines is 1. The molecule has 0 aromatic heterocycles. The second-order valence-corrected chi connectivity index (χ2v) is 9.21. The number of carbonyl (C=O) groups excluding carboxylic acids is 2. The number of halogens is 1. The zero-order valence-corrected chi connectivity index (χ0v) is 23.4. The highest BCUT2D eigenvalue weighted by atomic mass is 35.5. The topological polar surface area (TPSA) is 87.9 Å². The molecule has 0 fully saturated rings. The summed E-state index contributed by atoms with van der Waals surface area (Å²) in [6, 6.07) is 15.5. The van der Waals surface area contributed by atoms with Crippen LogP contribution in [0.5, 0.6) is 17.2 Å². The number of rotatable bonds is 9. The van der Waals surface area contributed by atoms with E-state index in [0.29, 0.717) is 50.3 Å². The Morgan fingerprint density at radius 3 is 2.48 bits per heavy atom. The largest absolute Gasteiger partial charge is 0.497 e. The molecule has 0 unspecified atom stereocenters. The second-order valence-electron chi connectivity index (χ2n) is 8.83. The molecule has 0 aliphatic carbocycles. The van der Waals surface area contributed by atoms with E-state index in [1.54, 1.807) is 68.6 Å². The molecule has 1 aliphatic rings. The summed E-state index contributed by atoms with van der Waals surface area (Å²) in [5.74, 6) is 0.505. The van der Waals surface area contributed by atoms with Crippen LogP contribution in [0.25, 0.3) is 4.85 Å². The number of fused-ring (bicyclic) bond motifs is 1. The number of amides is 1. The minimum Gasteiger partial charge on any atom is -0.497 e. The van der Waals surface area contributed by atoms with Gasteiger partial charge in [0.15, 0.2) is 5.69 Å². The fraction of sp³-hybridized carbons (Fsp3) is 0.300. The van der Waals surface area contributed by atoms with Crippen molar-refractivity contribution in [3.8, 4) is 17.2 Å². The molecule has 2 atom stereocenters. The molecule has 0 spiro atoms. The van der Waals surface area contributed by atoms with Gasteiger partial charge in [-0.2, -0.15) is 0 Å². The van der Waals surface area contributed by atoms with Gasteiger partial charge in [0, 0.05) is 22.9 Å². The smallest absolute Gasteiger partial charge is 0.308 e. The van der Waals surface area contributed by atoms with Crippen LogP contribution in [0.1, 0.15) is 36.1 Å². The van der Waals surface area contributed by atoms with Gasteiger partial charge in [-0.3, -0.25) is 9.59 Å². The molecule has 1 aliphatic heterocycles. The van der Waals surface area contributed by atoms with Crippen LogP contribution >= 0.6 is 11.6 Å². The van der Waals surface area contributed by atoms with E-state index in [2.05, 4.69) is 4.85 Å². The maximum absolute atomic E-state index is 14.1. The zero-order chi connectivity index (χ0) is 28.8. The van der Waals surface area contributed by atoms with Gasteiger partial charge in [0.05, 0.1) is 52.5 Å². The third-order valence-corrected chi connectivity index (χ3v) is 6.94. The van der Waals surface area contributed by atoms with Crippen LogP contribution in [-0.2, 0) is 25.6 Å². The number of methoxy groups -OCH3 is 3. The lowest BCUT2D eigenvalue weighted by Crippen LogP contribution is -2.40. The number of esters is 1. The third kappa shape index (κ3) is 5.83. The van der Waals surface area contributed by atoms with Gasteiger partial charge in [-0.25, -0.2) is 4.85 Å². The molecule has 0 radical (unpaired) electrons. The first kappa shape index (κ1) is 28.7. The molecule has 9 nitrogen and oxygen atoms in total. The number of ether oxygens (including phenoxy) is 5. The first-order valence-corrected chi connectivity index (χ1v) is 12.9. The van der Waals surface area contributed by atoms with E-state index in [9.17, 15) is 9.59 Å². The monoisotopic (exact) mass is 564 g/mol. The summed E-state index contributed by atoms with van der Waals surface area (Å²) in [5.41, 5.74) is 2.62. The normalized spacial score (nSPS) is 16.4. The van der Waals surface area contributed by atoms with Gasteiger partial charge in [-0.05, 0) is 42.8 Å². The standard InChI is InChI=1S/C30H29ClN2O7/c1-6-39-27(34)16-26-30(35)33(17-18-10-12-20(36-3)15-25(18)38-5)23-13-11-19(32-2)14-22(23)29(40-26)21-8-7-9-24(37-4)28(21)31/h7-15,26,29H,6,16-17H2,1,3-5H3/t26-,29-/m1/s1. The SMILES string of the molecule is [C-]#[N+]c1ccc2c(c1)[C@@H](c1cccc(OC)c1Cl)O[C@H](CC(=O)OCC)C(=O)N2Cc1ccc(OC)cc1OC. The van der Waals surface area contributed by atoms with Crippen molar-refractivity contribution in [2.75, 3.05) is 32.8 Å². The van der Waals surface area contributed by atoms with Gasteiger partial charge >= 0.3 is 5.97 Å². The first-order chi connectivity index (χ1) is 19.3. The number of hydrogen-bond acceptors (Lipinski definition) is 7. The maximum Gasteiger partial charge on any atom is 0.308 e. The van der Waals surface area contributed by atoms with Crippen LogP contribution in [0.4, 0.5) is 11.4 Å². The Labute approximate surface area is 237 Å². The lowest BCUT2D eigenvalue weighted by molar-refractivity contribution is -0.151. The molecule has 40 heavy (non-hydrogen) atoms. The second kappa shape index (κ2) is 12.7. The molecule has 0 saturated carbocycles. The molecular formula is C30H29ClN2O7. The van der Waals surface area contributed by atoms with Crippen LogP contribution < -0.4 is 19.1 Å². The average Bonchev–Trinajstić information content (AvgIpc) is 3.07. The fourth-order valence-electron chi connectivity index (χ4n) is 4.61. The Morgan fingerprint density at radius 1 is 1.02 bits per heavy atom. The van der Waals surface area contributed by atoms with Crippen molar-refractivity contribution in [1.29, 1.82) is 0 Å². The van der Waals surface area contributed by atoms with E-state index < -0.39 is 24.1 Å². The molecule has 10 heteroatoms. The summed E-state index contributed by atoms with van der Waals surface area (Å²) in [6.07, 6.45) is -2.42. The molecule has 4 rings (SSSR count). The Bertz CT molecular complexity index is 1450. The molecule has 208 valence electrons. The summed E-state index contributed by atoms with van der Waals surface area (Å²) in [5, 5.41) is 0.293. The van der Waals surface area contributed by atoms with Crippen molar-refractivity contribution in [1.82, 2.24) is 0 Å². The van der Waals surface area contributed by atoms with Crippen LogP contribution in [0.3, 0.4) is 0 Å². The first-order valence-electron chi connectivity index (χ1n) is 12.5. The number of carbonyl (C=O) groups is 2. The number of benzene rings is 3. The van der Waals surface area contributed by atoms with E-state index in [1.807, 2.05) is 0 Å². The van der Waals surface area contributed by atoms with Gasteiger partial charge in [0.25, 0.3) is 5.91 Å². The molecule has 0 saturated heterocycles. The minimum atomic E-state index is -1.21. The zero-order valence-electron chi connectivity index (χ0n) is 22.6. The average molecular weight is 565 g/mol. The van der Waals surface area contributed by atoms with Gasteiger partial charge in [-0.15, -0.1) is 0 Å². The highest BCUT2D eigenvalue weighted by Crippen LogP contribution is 2.45. The fourth-order valence-corrected chi connectivity index (χ4v) is 4.91. The lowest BCUT2D eigenvalue weighted by Gasteiger charge is -2.26. The number of hydrogen-bond donors (Lipinski definition) is 0. The highest BCUT2D eigenvalue weighted by Gasteiger charge is 2.39. The van der Waals surface area contributed by atoms with Crippen molar-refractivity contribution < 1.29 is 33.3 Å². The Balaban J connectivity index is 1.91. The summed E-state index contributed by atoms with van der Waals surface area (Å²) in [7, 11) is 4.59. The molecule has 0 N–H and O–H groups in total. The molecular weight excluding hydrogens is 536 g/mol. The lowest BCUT2D eigenvalue weighted by atomic mass is 9.98. The summed E-state index contributed by atoms with van der Waals surface area (Å²) >= 11 is 6.73. The van der Waals surface area contributed by atoms with E-state index in [0.717, 1.165) is 0 Å². The number of nitrogens with zero attached hydrogens (tertiary/aromatic N) is 2.